The van der Waals surface area contributed by atoms with Gasteiger partial charge in [-0.25, -0.2) is 10.9 Å². The van der Waals surface area contributed by atoms with Gasteiger partial charge in [-0.05, 0) is 35.8 Å². The molecule has 0 radical (unpaired) electrons. The van der Waals surface area contributed by atoms with Crippen LogP contribution in [0.4, 0.5) is 5.69 Å². The zero-order valence-corrected chi connectivity index (χ0v) is 15.9. The second kappa shape index (κ2) is 9.63. The molecular formula is C21H23N5O3. The number of hydrazine groups is 2. The van der Waals surface area contributed by atoms with Crippen LogP contribution in [0.15, 0.2) is 60.7 Å². The van der Waals surface area contributed by atoms with Crippen LogP contribution >= 0.6 is 0 Å². The van der Waals surface area contributed by atoms with Gasteiger partial charge < -0.3 is 5.32 Å². The van der Waals surface area contributed by atoms with Crippen LogP contribution in [0.25, 0.3) is 6.08 Å². The largest absolute Gasteiger partial charge is 0.326 e. The maximum Gasteiger partial charge on any atom is 0.262 e. The van der Waals surface area contributed by atoms with Crippen molar-refractivity contribution in [3.8, 4) is 0 Å². The summed E-state index contributed by atoms with van der Waals surface area (Å²) in [4.78, 5) is 35.2. The van der Waals surface area contributed by atoms with E-state index in [1.165, 1.54) is 13.0 Å². The third kappa shape index (κ3) is 6.00. The smallest absolute Gasteiger partial charge is 0.262 e. The van der Waals surface area contributed by atoms with Crippen LogP contribution in [0.1, 0.15) is 30.5 Å². The molecular weight excluding hydrogens is 370 g/mol. The van der Waals surface area contributed by atoms with Crippen LogP contribution in [0.5, 0.6) is 0 Å². The fraction of sp³-hybridized carbons (Fsp3) is 0.190. The van der Waals surface area contributed by atoms with Gasteiger partial charge in [0.2, 0.25) is 5.91 Å². The summed E-state index contributed by atoms with van der Waals surface area (Å²) in [7, 11) is 0. The maximum absolute atomic E-state index is 12.2. The third-order valence-electron chi connectivity index (χ3n) is 4.39. The van der Waals surface area contributed by atoms with Crippen molar-refractivity contribution in [2.75, 3.05) is 5.32 Å². The summed E-state index contributed by atoms with van der Waals surface area (Å²) in [5.41, 5.74) is 13.4. The van der Waals surface area contributed by atoms with Gasteiger partial charge in [-0.15, -0.1) is 0 Å². The number of nitrogens with one attached hydrogen (secondary N) is 5. The van der Waals surface area contributed by atoms with Crippen molar-refractivity contribution < 1.29 is 14.4 Å². The van der Waals surface area contributed by atoms with Crippen molar-refractivity contribution in [1.29, 1.82) is 0 Å². The molecule has 8 heteroatoms. The summed E-state index contributed by atoms with van der Waals surface area (Å²) in [5.74, 6) is -0.919. The van der Waals surface area contributed by atoms with Gasteiger partial charge in [-0.2, -0.15) is 0 Å². The summed E-state index contributed by atoms with van der Waals surface area (Å²) in [6.45, 7) is 1.44. The van der Waals surface area contributed by atoms with Crippen LogP contribution in [-0.2, 0) is 14.4 Å². The van der Waals surface area contributed by atoms with Crippen LogP contribution in [0.2, 0.25) is 0 Å². The number of amides is 3. The van der Waals surface area contributed by atoms with Crippen LogP contribution < -0.4 is 27.0 Å². The van der Waals surface area contributed by atoms with Gasteiger partial charge in [0.25, 0.3) is 11.8 Å². The molecule has 1 saturated heterocycles. The molecule has 3 rings (SSSR count). The van der Waals surface area contributed by atoms with E-state index in [4.69, 9.17) is 0 Å². The van der Waals surface area contributed by atoms with Crippen molar-refractivity contribution in [3.63, 3.8) is 0 Å². The highest BCUT2D eigenvalue weighted by atomic mass is 16.2. The molecule has 8 nitrogen and oxygen atoms in total. The Bertz CT molecular complexity index is 896. The molecule has 2 aromatic rings. The molecule has 1 aliphatic rings. The first-order chi connectivity index (χ1) is 14.0. The van der Waals surface area contributed by atoms with Gasteiger partial charge in [0.05, 0.1) is 0 Å². The van der Waals surface area contributed by atoms with E-state index in [1.54, 1.807) is 30.3 Å². The lowest BCUT2D eigenvalue weighted by atomic mass is 10.0. The average molecular weight is 393 g/mol. The first-order valence-corrected chi connectivity index (χ1v) is 9.23. The Morgan fingerprint density at radius 1 is 0.966 bits per heavy atom. The Balaban J connectivity index is 1.44. The molecule has 2 atom stereocenters. The number of carbonyl (C=O) groups is 3. The maximum atomic E-state index is 12.2. The number of anilines is 1. The first-order valence-electron chi connectivity index (χ1n) is 9.23. The Morgan fingerprint density at radius 3 is 2.38 bits per heavy atom. The highest BCUT2D eigenvalue weighted by molar-refractivity contribution is 5.94. The van der Waals surface area contributed by atoms with Gasteiger partial charge in [0.15, 0.2) is 0 Å². The van der Waals surface area contributed by atoms with E-state index in [2.05, 4.69) is 27.0 Å². The average Bonchev–Trinajstić information content (AvgIpc) is 3.22. The molecule has 5 N–H and O–H groups in total. The molecule has 0 saturated carbocycles. The summed E-state index contributed by atoms with van der Waals surface area (Å²) in [5, 5.41) is 2.67. The third-order valence-corrected chi connectivity index (χ3v) is 4.39. The minimum absolute atomic E-state index is 0.0306. The molecule has 150 valence electrons. The highest BCUT2D eigenvalue weighted by Crippen LogP contribution is 2.21. The van der Waals surface area contributed by atoms with Crippen molar-refractivity contribution >= 4 is 29.5 Å². The van der Waals surface area contributed by atoms with Crippen LogP contribution in [0, 0.1) is 0 Å². The van der Waals surface area contributed by atoms with Crippen molar-refractivity contribution in [2.24, 2.45) is 0 Å². The minimum atomic E-state index is -0.453. The highest BCUT2D eigenvalue weighted by Gasteiger charge is 2.30. The molecule has 3 amide bonds. The van der Waals surface area contributed by atoms with Gasteiger partial charge in [0.1, 0.15) is 6.04 Å². The SMILES string of the molecule is CC(=O)Nc1ccc(/C=C/C(=O)NNC(=O)C2CC(c3ccccc3)NN2)cc1. The summed E-state index contributed by atoms with van der Waals surface area (Å²) in [6, 6.07) is 16.4. The molecule has 0 aliphatic carbocycles. The number of benzene rings is 2. The Labute approximate surface area is 168 Å². The fourth-order valence-corrected chi connectivity index (χ4v) is 2.94. The zero-order valence-electron chi connectivity index (χ0n) is 15.9. The van der Waals surface area contributed by atoms with Gasteiger partial charge in [0, 0.05) is 24.7 Å². The zero-order chi connectivity index (χ0) is 20.6. The molecule has 0 spiro atoms. The quantitative estimate of drug-likeness (QED) is 0.390. The molecule has 0 aromatic heterocycles. The minimum Gasteiger partial charge on any atom is -0.326 e. The van der Waals surface area contributed by atoms with E-state index in [0.29, 0.717) is 12.1 Å². The van der Waals surface area contributed by atoms with E-state index in [1.807, 2.05) is 30.3 Å². The summed E-state index contributed by atoms with van der Waals surface area (Å²) >= 11 is 0. The summed E-state index contributed by atoms with van der Waals surface area (Å²) < 4.78 is 0. The lowest BCUT2D eigenvalue weighted by Crippen LogP contribution is -2.49. The van der Waals surface area contributed by atoms with Crippen LogP contribution in [0.3, 0.4) is 0 Å². The second-order valence-corrected chi connectivity index (χ2v) is 6.66. The van der Waals surface area contributed by atoms with Crippen molar-refractivity contribution in [1.82, 2.24) is 21.7 Å². The van der Waals surface area contributed by atoms with Crippen molar-refractivity contribution in [3.05, 3.63) is 71.8 Å². The molecule has 1 heterocycles. The molecule has 0 bridgehead atoms. The monoisotopic (exact) mass is 393 g/mol. The number of carbonyl (C=O) groups excluding carboxylic acids is 3. The lowest BCUT2D eigenvalue weighted by molar-refractivity contribution is -0.128. The number of hydrogen-bond donors (Lipinski definition) is 5. The lowest BCUT2D eigenvalue weighted by Gasteiger charge is -2.10. The molecule has 2 aromatic carbocycles. The summed E-state index contributed by atoms with van der Waals surface area (Å²) in [6.07, 6.45) is 3.50. The second-order valence-electron chi connectivity index (χ2n) is 6.66. The van der Waals surface area contributed by atoms with E-state index in [9.17, 15) is 14.4 Å². The topological polar surface area (TPSA) is 111 Å². The predicted molar refractivity (Wildman–Crippen MR) is 110 cm³/mol. The normalized spacial score (nSPS) is 18.4. The first kappa shape index (κ1) is 20.2. The molecule has 2 unspecified atom stereocenters. The van der Waals surface area contributed by atoms with E-state index in [0.717, 1.165) is 11.1 Å². The van der Waals surface area contributed by atoms with Gasteiger partial charge in [-0.1, -0.05) is 42.5 Å². The molecule has 29 heavy (non-hydrogen) atoms. The molecule has 1 aliphatic heterocycles. The van der Waals surface area contributed by atoms with E-state index in [-0.39, 0.29) is 17.9 Å². The van der Waals surface area contributed by atoms with Gasteiger partial charge in [-0.3, -0.25) is 25.2 Å². The number of hydrogen-bond acceptors (Lipinski definition) is 5. The number of rotatable bonds is 5. The van der Waals surface area contributed by atoms with Crippen LogP contribution in [-0.4, -0.2) is 23.8 Å². The van der Waals surface area contributed by atoms with E-state index < -0.39 is 11.9 Å². The van der Waals surface area contributed by atoms with E-state index >= 15 is 0 Å². The fourth-order valence-electron chi connectivity index (χ4n) is 2.94. The van der Waals surface area contributed by atoms with Gasteiger partial charge >= 0.3 is 0 Å². The standard InChI is InChI=1S/C21H23N5O3/c1-14(27)22-17-10-7-15(8-11-17)9-12-20(28)25-26-21(29)19-13-18(23-24-19)16-5-3-2-4-6-16/h2-12,18-19,23-24H,13H2,1H3,(H,22,27)(H,25,28)(H,26,29)/b12-9+. The predicted octanol–water partition coefficient (Wildman–Crippen LogP) is 1.41. The molecule has 1 fully saturated rings. The Hall–Kier alpha value is -3.49. The Kier molecular flexibility index (Phi) is 6.72. The van der Waals surface area contributed by atoms with Crippen molar-refractivity contribution in [2.45, 2.75) is 25.4 Å². The Morgan fingerprint density at radius 2 is 1.69 bits per heavy atom.